The Morgan fingerprint density at radius 3 is 1.78 bits per heavy atom. The lowest BCUT2D eigenvalue weighted by molar-refractivity contribution is -0.0514. The van der Waals surface area contributed by atoms with Crippen LogP contribution in [0.4, 0.5) is 0 Å². The molecule has 0 aromatic rings. The second-order valence-electron chi connectivity index (χ2n) is 3.71. The van der Waals surface area contributed by atoms with Crippen LogP contribution in [0.3, 0.4) is 0 Å². The SMILES string of the molecule is CC(C)(C)C1(Br)COC1. The van der Waals surface area contributed by atoms with E-state index in [9.17, 15) is 0 Å². The number of ether oxygens (including phenoxy) is 1. The van der Waals surface area contributed by atoms with E-state index in [1.165, 1.54) is 0 Å². The van der Waals surface area contributed by atoms with Gasteiger partial charge in [-0.2, -0.15) is 0 Å². The van der Waals surface area contributed by atoms with Crippen LogP contribution in [0.1, 0.15) is 20.8 Å². The van der Waals surface area contributed by atoms with Gasteiger partial charge in [0.1, 0.15) is 0 Å². The number of hydrogen-bond donors (Lipinski definition) is 0. The topological polar surface area (TPSA) is 9.23 Å². The summed E-state index contributed by atoms with van der Waals surface area (Å²) in [6.45, 7) is 8.39. The van der Waals surface area contributed by atoms with Gasteiger partial charge >= 0.3 is 0 Å². The molecule has 0 atom stereocenters. The van der Waals surface area contributed by atoms with E-state index in [0.29, 0.717) is 5.41 Å². The maximum atomic E-state index is 5.12. The molecule has 0 unspecified atom stereocenters. The van der Waals surface area contributed by atoms with Gasteiger partial charge in [-0.25, -0.2) is 0 Å². The summed E-state index contributed by atoms with van der Waals surface area (Å²) < 4.78 is 5.37. The molecular formula is C7H13BrO. The summed E-state index contributed by atoms with van der Waals surface area (Å²) in [6, 6.07) is 0. The van der Waals surface area contributed by atoms with Gasteiger partial charge < -0.3 is 4.74 Å². The Morgan fingerprint density at radius 2 is 1.78 bits per heavy atom. The number of alkyl halides is 1. The minimum Gasteiger partial charge on any atom is -0.378 e. The predicted octanol–water partition coefficient (Wildman–Crippen LogP) is 2.20. The van der Waals surface area contributed by atoms with E-state index in [0.717, 1.165) is 13.2 Å². The molecule has 1 aliphatic rings. The third-order valence-electron chi connectivity index (χ3n) is 2.01. The van der Waals surface area contributed by atoms with Gasteiger partial charge in [-0.3, -0.25) is 0 Å². The van der Waals surface area contributed by atoms with Crippen LogP contribution in [0.5, 0.6) is 0 Å². The molecule has 0 bridgehead atoms. The zero-order valence-corrected chi connectivity index (χ0v) is 7.79. The van der Waals surface area contributed by atoms with Crippen molar-refractivity contribution in [3.63, 3.8) is 0 Å². The molecule has 0 saturated carbocycles. The maximum Gasteiger partial charge on any atom is 0.0771 e. The van der Waals surface area contributed by atoms with Crippen LogP contribution in [0.25, 0.3) is 0 Å². The van der Waals surface area contributed by atoms with Crippen LogP contribution in [0.15, 0.2) is 0 Å². The molecule has 0 aliphatic carbocycles. The summed E-state index contributed by atoms with van der Waals surface area (Å²) in [7, 11) is 0. The molecule has 1 nitrogen and oxygen atoms in total. The van der Waals surface area contributed by atoms with E-state index in [1.54, 1.807) is 0 Å². The molecule has 1 fully saturated rings. The fourth-order valence-corrected chi connectivity index (χ4v) is 1.04. The Hall–Kier alpha value is 0.440. The normalized spacial score (nSPS) is 25.3. The molecule has 0 aromatic heterocycles. The van der Waals surface area contributed by atoms with Crippen LogP contribution in [-0.4, -0.2) is 17.5 Å². The largest absolute Gasteiger partial charge is 0.378 e. The van der Waals surface area contributed by atoms with Crippen LogP contribution in [0.2, 0.25) is 0 Å². The third-order valence-corrected chi connectivity index (χ3v) is 3.65. The van der Waals surface area contributed by atoms with Crippen molar-refractivity contribution in [3.05, 3.63) is 0 Å². The minimum atomic E-state index is 0.250. The van der Waals surface area contributed by atoms with E-state index in [-0.39, 0.29) is 4.32 Å². The Labute approximate surface area is 64.9 Å². The molecular weight excluding hydrogens is 180 g/mol. The first-order chi connectivity index (χ1) is 3.96. The Morgan fingerprint density at radius 1 is 1.33 bits per heavy atom. The lowest BCUT2D eigenvalue weighted by Gasteiger charge is -2.46. The lowest BCUT2D eigenvalue weighted by atomic mass is 9.79. The number of rotatable bonds is 0. The summed E-state index contributed by atoms with van der Waals surface area (Å²) in [5.74, 6) is 0. The fraction of sp³-hybridized carbons (Fsp3) is 1.00. The van der Waals surface area contributed by atoms with E-state index in [1.807, 2.05) is 0 Å². The maximum absolute atomic E-state index is 5.12. The molecule has 0 spiro atoms. The zero-order valence-electron chi connectivity index (χ0n) is 6.20. The molecule has 9 heavy (non-hydrogen) atoms. The molecule has 0 aromatic carbocycles. The first-order valence-electron chi connectivity index (χ1n) is 3.22. The van der Waals surface area contributed by atoms with Crippen molar-refractivity contribution in [2.45, 2.75) is 25.1 Å². The van der Waals surface area contributed by atoms with Crippen molar-refractivity contribution >= 4 is 15.9 Å². The highest BCUT2D eigenvalue weighted by Gasteiger charge is 2.45. The first-order valence-corrected chi connectivity index (χ1v) is 4.02. The van der Waals surface area contributed by atoms with Gasteiger partial charge in [0.05, 0.1) is 17.5 Å². The van der Waals surface area contributed by atoms with Gasteiger partial charge in [0, 0.05) is 0 Å². The van der Waals surface area contributed by atoms with Gasteiger partial charge in [0.25, 0.3) is 0 Å². The number of halogens is 1. The summed E-state index contributed by atoms with van der Waals surface area (Å²) in [6.07, 6.45) is 0. The van der Waals surface area contributed by atoms with E-state index in [4.69, 9.17) is 4.74 Å². The second-order valence-corrected chi connectivity index (χ2v) is 5.23. The summed E-state index contributed by atoms with van der Waals surface area (Å²) in [4.78, 5) is 0. The van der Waals surface area contributed by atoms with Crippen molar-refractivity contribution < 1.29 is 4.74 Å². The average Bonchev–Trinajstić information content (AvgIpc) is 1.57. The second kappa shape index (κ2) is 1.96. The van der Waals surface area contributed by atoms with Crippen molar-refractivity contribution in [2.24, 2.45) is 5.41 Å². The molecule has 1 saturated heterocycles. The van der Waals surface area contributed by atoms with Crippen molar-refractivity contribution in [3.8, 4) is 0 Å². The Bertz CT molecular complexity index is 111. The lowest BCUT2D eigenvalue weighted by Crippen LogP contribution is -2.53. The Balaban J connectivity index is 2.59. The predicted molar refractivity (Wildman–Crippen MR) is 41.9 cm³/mol. The van der Waals surface area contributed by atoms with Crippen molar-refractivity contribution in [2.75, 3.05) is 13.2 Å². The standard InChI is InChI=1S/C7H13BrO/c1-6(2,3)7(8)4-9-5-7/h4-5H2,1-3H3. The zero-order chi connectivity index (χ0) is 7.12. The van der Waals surface area contributed by atoms with E-state index < -0.39 is 0 Å². The van der Waals surface area contributed by atoms with Crippen LogP contribution in [0, 0.1) is 5.41 Å². The summed E-state index contributed by atoms with van der Waals surface area (Å²) in [5, 5.41) is 0. The van der Waals surface area contributed by atoms with Crippen LogP contribution < -0.4 is 0 Å². The highest BCUT2D eigenvalue weighted by molar-refractivity contribution is 9.10. The summed E-state index contributed by atoms with van der Waals surface area (Å²) >= 11 is 3.66. The quantitative estimate of drug-likeness (QED) is 0.536. The van der Waals surface area contributed by atoms with Gasteiger partial charge in [-0.1, -0.05) is 36.7 Å². The highest BCUT2D eigenvalue weighted by Crippen LogP contribution is 2.43. The van der Waals surface area contributed by atoms with Gasteiger partial charge in [0.15, 0.2) is 0 Å². The minimum absolute atomic E-state index is 0.250. The number of hydrogen-bond acceptors (Lipinski definition) is 1. The van der Waals surface area contributed by atoms with Gasteiger partial charge in [-0.15, -0.1) is 0 Å². The molecule has 0 N–H and O–H groups in total. The third kappa shape index (κ3) is 1.15. The van der Waals surface area contributed by atoms with Gasteiger partial charge in [0.2, 0.25) is 0 Å². The monoisotopic (exact) mass is 192 g/mol. The molecule has 1 aliphatic heterocycles. The first kappa shape index (κ1) is 7.55. The van der Waals surface area contributed by atoms with Crippen LogP contribution >= 0.6 is 15.9 Å². The molecule has 1 heterocycles. The van der Waals surface area contributed by atoms with E-state index >= 15 is 0 Å². The van der Waals surface area contributed by atoms with Gasteiger partial charge in [-0.05, 0) is 5.41 Å². The van der Waals surface area contributed by atoms with Crippen molar-refractivity contribution in [1.29, 1.82) is 0 Å². The molecule has 0 amide bonds. The average molecular weight is 193 g/mol. The van der Waals surface area contributed by atoms with Crippen LogP contribution in [-0.2, 0) is 4.74 Å². The summed E-state index contributed by atoms with van der Waals surface area (Å²) in [5.41, 5.74) is 0.325. The molecule has 0 radical (unpaired) electrons. The molecule has 2 heteroatoms. The smallest absolute Gasteiger partial charge is 0.0771 e. The van der Waals surface area contributed by atoms with Crippen molar-refractivity contribution in [1.82, 2.24) is 0 Å². The molecule has 54 valence electrons. The Kier molecular flexibility index (Phi) is 1.64. The highest BCUT2D eigenvalue weighted by atomic mass is 79.9. The molecule has 1 rings (SSSR count). The fourth-order valence-electron chi connectivity index (χ4n) is 0.714. The van der Waals surface area contributed by atoms with E-state index in [2.05, 4.69) is 36.7 Å².